The van der Waals surface area contributed by atoms with Gasteiger partial charge >= 0.3 is 0 Å². The highest BCUT2D eigenvalue weighted by molar-refractivity contribution is 6.04. The lowest BCUT2D eigenvalue weighted by Crippen LogP contribution is -2.35. The van der Waals surface area contributed by atoms with Crippen LogP contribution in [0.4, 0.5) is 5.82 Å². The van der Waals surface area contributed by atoms with Crippen molar-refractivity contribution in [1.82, 2.24) is 29.5 Å². The van der Waals surface area contributed by atoms with Gasteiger partial charge in [0.1, 0.15) is 5.56 Å². The number of aromatic nitrogens is 5. The lowest BCUT2D eigenvalue weighted by Gasteiger charge is -2.30. The summed E-state index contributed by atoms with van der Waals surface area (Å²) >= 11 is 0. The molecule has 0 saturated heterocycles. The van der Waals surface area contributed by atoms with Crippen LogP contribution in [0.15, 0.2) is 65.8 Å². The van der Waals surface area contributed by atoms with E-state index in [0.29, 0.717) is 11.0 Å². The van der Waals surface area contributed by atoms with Gasteiger partial charge in [-0.2, -0.15) is 0 Å². The van der Waals surface area contributed by atoms with Crippen LogP contribution in [0.5, 0.6) is 0 Å². The van der Waals surface area contributed by atoms with Crippen LogP contribution in [-0.2, 0) is 0 Å². The Morgan fingerprint density at radius 1 is 1.08 bits per heavy atom. The molecule has 4 aromatic heterocycles. The molecule has 1 saturated carbocycles. The number of anilines is 1. The SMILES string of the molecule is Cc1cc(-c2cccc3cc([C@H](C)NC(=O)c4c(N)nn5cccnc45)n(C4CCCCC4)c(=O)c23)ccn1. The first-order valence-corrected chi connectivity index (χ1v) is 13.4. The van der Waals surface area contributed by atoms with Gasteiger partial charge in [0, 0.05) is 36.0 Å². The van der Waals surface area contributed by atoms with Gasteiger partial charge in [-0.3, -0.25) is 14.6 Å². The van der Waals surface area contributed by atoms with E-state index >= 15 is 0 Å². The smallest absolute Gasteiger partial charge is 0.259 e. The Morgan fingerprint density at radius 2 is 1.90 bits per heavy atom. The lowest BCUT2D eigenvalue weighted by atomic mass is 9.93. The molecule has 198 valence electrons. The summed E-state index contributed by atoms with van der Waals surface area (Å²) in [5.41, 5.74) is 10.2. The number of nitrogen functional groups attached to an aromatic ring is 1. The maximum Gasteiger partial charge on any atom is 0.259 e. The van der Waals surface area contributed by atoms with E-state index in [9.17, 15) is 9.59 Å². The highest BCUT2D eigenvalue weighted by Gasteiger charge is 2.27. The zero-order valence-electron chi connectivity index (χ0n) is 22.1. The van der Waals surface area contributed by atoms with Gasteiger partial charge < -0.3 is 15.6 Å². The minimum absolute atomic E-state index is 0.0299. The number of aryl methyl sites for hydroxylation is 1. The molecular weight excluding hydrogens is 490 g/mol. The molecule has 9 nitrogen and oxygen atoms in total. The molecule has 39 heavy (non-hydrogen) atoms. The molecule has 1 atom stereocenters. The van der Waals surface area contributed by atoms with Gasteiger partial charge in [-0.25, -0.2) is 9.50 Å². The number of carbonyl (C=O) groups excluding carboxylic acids is 1. The van der Waals surface area contributed by atoms with Gasteiger partial charge in [0.25, 0.3) is 11.5 Å². The van der Waals surface area contributed by atoms with Crippen molar-refractivity contribution >= 4 is 28.1 Å². The van der Waals surface area contributed by atoms with Crippen LogP contribution in [0.2, 0.25) is 0 Å². The maximum atomic E-state index is 14.4. The van der Waals surface area contributed by atoms with E-state index < -0.39 is 6.04 Å². The number of carbonyl (C=O) groups is 1. The summed E-state index contributed by atoms with van der Waals surface area (Å²) in [6.07, 6.45) is 10.3. The van der Waals surface area contributed by atoms with Crippen molar-refractivity contribution in [2.45, 2.75) is 58.0 Å². The monoisotopic (exact) mass is 521 g/mol. The van der Waals surface area contributed by atoms with E-state index in [-0.39, 0.29) is 28.9 Å². The fraction of sp³-hybridized carbons (Fsp3) is 0.300. The summed E-state index contributed by atoms with van der Waals surface area (Å²) in [6.45, 7) is 3.85. The topological polar surface area (TPSA) is 120 Å². The van der Waals surface area contributed by atoms with E-state index in [1.165, 1.54) is 10.9 Å². The normalized spacial score (nSPS) is 15.0. The Labute approximate surface area is 225 Å². The Morgan fingerprint density at radius 3 is 2.69 bits per heavy atom. The summed E-state index contributed by atoms with van der Waals surface area (Å²) in [7, 11) is 0. The van der Waals surface area contributed by atoms with Crippen LogP contribution in [0.1, 0.15) is 72.9 Å². The predicted molar refractivity (Wildman–Crippen MR) is 152 cm³/mol. The maximum absolute atomic E-state index is 14.4. The third kappa shape index (κ3) is 4.43. The molecule has 3 N–H and O–H groups in total. The largest absolute Gasteiger partial charge is 0.381 e. The molecule has 9 heteroatoms. The fourth-order valence-corrected chi connectivity index (χ4v) is 5.86. The van der Waals surface area contributed by atoms with E-state index in [1.54, 1.807) is 24.7 Å². The van der Waals surface area contributed by atoms with E-state index in [0.717, 1.165) is 53.6 Å². The van der Waals surface area contributed by atoms with Crippen molar-refractivity contribution in [3.8, 4) is 11.1 Å². The van der Waals surface area contributed by atoms with Gasteiger partial charge in [-0.15, -0.1) is 5.10 Å². The van der Waals surface area contributed by atoms with Crippen LogP contribution in [-0.4, -0.2) is 30.1 Å². The molecule has 0 bridgehead atoms. The molecule has 1 aliphatic rings. The van der Waals surface area contributed by atoms with Crippen molar-refractivity contribution in [3.05, 3.63) is 88.4 Å². The second-order valence-corrected chi connectivity index (χ2v) is 10.3. The summed E-state index contributed by atoms with van der Waals surface area (Å²) in [4.78, 5) is 36.4. The van der Waals surface area contributed by atoms with Crippen LogP contribution in [0.25, 0.3) is 27.5 Å². The number of nitrogens with two attached hydrogens (primary N) is 1. The third-order valence-electron chi connectivity index (χ3n) is 7.70. The zero-order chi connectivity index (χ0) is 27.1. The molecular formula is C30H31N7O2. The Bertz CT molecular complexity index is 1770. The van der Waals surface area contributed by atoms with Crippen molar-refractivity contribution in [3.63, 3.8) is 0 Å². The number of rotatable bonds is 5. The number of amides is 1. The highest BCUT2D eigenvalue weighted by Crippen LogP contribution is 2.33. The van der Waals surface area contributed by atoms with E-state index in [2.05, 4.69) is 20.4 Å². The fourth-order valence-electron chi connectivity index (χ4n) is 5.86. The van der Waals surface area contributed by atoms with Gasteiger partial charge in [0.2, 0.25) is 0 Å². The van der Waals surface area contributed by atoms with Crippen LogP contribution >= 0.6 is 0 Å². The molecule has 1 fully saturated rings. The molecule has 1 amide bonds. The molecule has 1 aromatic carbocycles. The predicted octanol–water partition coefficient (Wildman–Crippen LogP) is 4.99. The molecule has 6 rings (SSSR count). The Kier molecular flexibility index (Phi) is 6.34. The van der Waals surface area contributed by atoms with E-state index in [4.69, 9.17) is 5.73 Å². The number of hydrogen-bond donors (Lipinski definition) is 2. The summed E-state index contributed by atoms with van der Waals surface area (Å²) in [5, 5.41) is 8.82. The van der Waals surface area contributed by atoms with Gasteiger partial charge in [0.05, 0.1) is 11.4 Å². The molecule has 0 aliphatic heterocycles. The van der Waals surface area contributed by atoms with Crippen molar-refractivity contribution in [1.29, 1.82) is 0 Å². The number of benzene rings is 1. The quantitative estimate of drug-likeness (QED) is 0.336. The first-order valence-electron chi connectivity index (χ1n) is 13.4. The summed E-state index contributed by atoms with van der Waals surface area (Å²) in [5.74, 6) is -0.267. The molecule has 0 unspecified atom stereocenters. The zero-order valence-corrected chi connectivity index (χ0v) is 22.1. The lowest BCUT2D eigenvalue weighted by molar-refractivity contribution is 0.0940. The second kappa shape index (κ2) is 9.98. The van der Waals surface area contributed by atoms with E-state index in [1.807, 2.05) is 54.8 Å². The second-order valence-electron chi connectivity index (χ2n) is 10.3. The number of fused-ring (bicyclic) bond motifs is 2. The number of pyridine rings is 2. The van der Waals surface area contributed by atoms with Crippen LogP contribution < -0.4 is 16.6 Å². The van der Waals surface area contributed by atoms with Crippen LogP contribution in [0, 0.1) is 6.92 Å². The van der Waals surface area contributed by atoms with Gasteiger partial charge in [0.15, 0.2) is 11.5 Å². The van der Waals surface area contributed by atoms with Gasteiger partial charge in [-0.05, 0) is 67.5 Å². The number of hydrogen-bond acceptors (Lipinski definition) is 6. The number of nitrogens with one attached hydrogen (secondary N) is 1. The highest BCUT2D eigenvalue weighted by atomic mass is 16.2. The van der Waals surface area contributed by atoms with Crippen molar-refractivity contribution in [2.75, 3.05) is 5.73 Å². The first kappa shape index (κ1) is 24.8. The van der Waals surface area contributed by atoms with Crippen LogP contribution in [0.3, 0.4) is 0 Å². The molecule has 5 aromatic rings. The first-order chi connectivity index (χ1) is 18.9. The minimum atomic E-state index is -0.457. The number of nitrogens with zero attached hydrogens (tertiary/aromatic N) is 5. The molecule has 4 heterocycles. The van der Waals surface area contributed by atoms with Crippen molar-refractivity contribution in [2.24, 2.45) is 0 Å². The Balaban J connectivity index is 1.48. The minimum Gasteiger partial charge on any atom is -0.381 e. The van der Waals surface area contributed by atoms with Gasteiger partial charge in [-0.1, -0.05) is 37.5 Å². The average Bonchev–Trinajstić information content (AvgIpc) is 3.28. The molecule has 0 radical (unpaired) electrons. The average molecular weight is 522 g/mol. The molecule has 1 aliphatic carbocycles. The molecule has 0 spiro atoms. The Hall–Kier alpha value is -4.53. The van der Waals surface area contributed by atoms with Crippen molar-refractivity contribution < 1.29 is 4.79 Å². The summed E-state index contributed by atoms with van der Waals surface area (Å²) in [6, 6.07) is 13.3. The standard InChI is InChI=1S/C30H31N7O2/c1-18-16-20(12-14-32-18)23-11-6-8-21-17-24(37(30(39)25(21)23)22-9-4-3-5-10-22)19(2)34-29(38)26-27(31)35-36-15-7-13-33-28(26)36/h6-8,11-17,19,22H,3-5,9-10H2,1-2H3,(H2,31,35)(H,34,38)/t19-/m0/s1. The third-order valence-corrected chi connectivity index (χ3v) is 7.70. The summed E-state index contributed by atoms with van der Waals surface area (Å²) < 4.78 is 3.42.